The van der Waals surface area contributed by atoms with Crippen molar-refractivity contribution in [2.75, 3.05) is 6.54 Å². The summed E-state index contributed by atoms with van der Waals surface area (Å²) in [5, 5.41) is 3.30. The van der Waals surface area contributed by atoms with E-state index in [1.54, 1.807) is 12.1 Å². The predicted molar refractivity (Wildman–Crippen MR) is 91.5 cm³/mol. The number of nitrogens with zero attached hydrogens (tertiary/aromatic N) is 3. The summed E-state index contributed by atoms with van der Waals surface area (Å²) in [7, 11) is 0. The standard InChI is InChI=1S/C17H23ClN4O/c18-16-8-7-15(13-21-16)17(23)20-9-5-3-1-2-4-6-11-22-12-10-19-14-22/h7-8,10,12-14H,1-6,9,11H2,(H,20,23). The van der Waals surface area contributed by atoms with E-state index in [4.69, 9.17) is 11.6 Å². The second kappa shape index (κ2) is 10.0. The summed E-state index contributed by atoms with van der Waals surface area (Å²) in [6, 6.07) is 3.31. The summed E-state index contributed by atoms with van der Waals surface area (Å²) in [5.74, 6) is -0.0884. The minimum atomic E-state index is -0.0884. The highest BCUT2D eigenvalue weighted by molar-refractivity contribution is 6.29. The molecule has 0 atom stereocenters. The highest BCUT2D eigenvalue weighted by atomic mass is 35.5. The van der Waals surface area contributed by atoms with E-state index in [2.05, 4.69) is 19.9 Å². The Bertz CT molecular complexity index is 569. The van der Waals surface area contributed by atoms with Gasteiger partial charge in [-0.2, -0.15) is 0 Å². The number of hydrogen-bond acceptors (Lipinski definition) is 3. The van der Waals surface area contributed by atoms with Crippen molar-refractivity contribution in [1.82, 2.24) is 19.9 Å². The van der Waals surface area contributed by atoms with Gasteiger partial charge in [0.05, 0.1) is 11.9 Å². The van der Waals surface area contributed by atoms with Gasteiger partial charge in [0.25, 0.3) is 5.91 Å². The lowest BCUT2D eigenvalue weighted by molar-refractivity contribution is 0.0952. The van der Waals surface area contributed by atoms with Crippen molar-refractivity contribution in [3.63, 3.8) is 0 Å². The van der Waals surface area contributed by atoms with Gasteiger partial charge in [-0.25, -0.2) is 9.97 Å². The van der Waals surface area contributed by atoms with Gasteiger partial charge >= 0.3 is 0 Å². The maximum absolute atomic E-state index is 11.8. The molecule has 0 aromatic carbocycles. The Labute approximate surface area is 142 Å². The average Bonchev–Trinajstić information content (AvgIpc) is 3.07. The fraction of sp³-hybridized carbons (Fsp3) is 0.471. The van der Waals surface area contributed by atoms with E-state index in [0.717, 1.165) is 19.4 Å². The molecule has 0 aliphatic rings. The first-order valence-electron chi connectivity index (χ1n) is 8.11. The first-order chi connectivity index (χ1) is 11.3. The maximum Gasteiger partial charge on any atom is 0.252 e. The molecule has 1 N–H and O–H groups in total. The largest absolute Gasteiger partial charge is 0.352 e. The number of unbranched alkanes of at least 4 members (excludes halogenated alkanes) is 5. The molecule has 0 saturated heterocycles. The number of amides is 1. The second-order valence-electron chi connectivity index (χ2n) is 5.55. The molecule has 2 aromatic heterocycles. The van der Waals surface area contributed by atoms with Crippen molar-refractivity contribution >= 4 is 17.5 Å². The number of hydrogen-bond donors (Lipinski definition) is 1. The first kappa shape index (κ1) is 17.5. The van der Waals surface area contributed by atoms with Gasteiger partial charge in [0.2, 0.25) is 0 Å². The van der Waals surface area contributed by atoms with E-state index in [9.17, 15) is 4.79 Å². The topological polar surface area (TPSA) is 59.8 Å². The molecule has 0 radical (unpaired) electrons. The van der Waals surface area contributed by atoms with E-state index in [0.29, 0.717) is 17.3 Å². The lowest BCUT2D eigenvalue weighted by Gasteiger charge is -2.05. The van der Waals surface area contributed by atoms with E-state index in [1.807, 2.05) is 18.7 Å². The zero-order valence-electron chi connectivity index (χ0n) is 13.2. The third-order valence-electron chi connectivity index (χ3n) is 3.68. The van der Waals surface area contributed by atoms with Gasteiger partial charge in [0.1, 0.15) is 5.15 Å². The number of aromatic nitrogens is 3. The zero-order valence-corrected chi connectivity index (χ0v) is 14.0. The van der Waals surface area contributed by atoms with Crippen LogP contribution in [0.25, 0.3) is 0 Å². The van der Waals surface area contributed by atoms with Crippen LogP contribution in [0.2, 0.25) is 5.15 Å². The Morgan fingerprint density at radius 3 is 2.61 bits per heavy atom. The SMILES string of the molecule is O=C(NCCCCCCCCn1ccnc1)c1ccc(Cl)nc1. The van der Waals surface area contributed by atoms with Crippen LogP contribution < -0.4 is 5.32 Å². The molecular formula is C17H23ClN4O. The van der Waals surface area contributed by atoms with Crippen molar-refractivity contribution in [1.29, 1.82) is 0 Å². The van der Waals surface area contributed by atoms with Gasteiger partial charge in [-0.1, -0.05) is 37.3 Å². The van der Waals surface area contributed by atoms with Crippen molar-refractivity contribution in [2.45, 2.75) is 45.1 Å². The number of halogens is 1. The van der Waals surface area contributed by atoms with Crippen LogP contribution >= 0.6 is 11.6 Å². The summed E-state index contributed by atoms with van der Waals surface area (Å²) in [5.41, 5.74) is 0.550. The van der Waals surface area contributed by atoms with Gasteiger partial charge in [0.15, 0.2) is 0 Å². The van der Waals surface area contributed by atoms with Crippen LogP contribution in [0.5, 0.6) is 0 Å². The van der Waals surface area contributed by atoms with Crippen LogP contribution in [0.3, 0.4) is 0 Å². The van der Waals surface area contributed by atoms with Gasteiger partial charge in [-0.3, -0.25) is 4.79 Å². The van der Waals surface area contributed by atoms with Gasteiger partial charge in [-0.15, -0.1) is 0 Å². The second-order valence-corrected chi connectivity index (χ2v) is 5.93. The number of rotatable bonds is 10. The fourth-order valence-electron chi connectivity index (χ4n) is 2.36. The Kier molecular flexibility index (Phi) is 7.60. The minimum Gasteiger partial charge on any atom is -0.352 e. The Balaban J connectivity index is 1.44. The van der Waals surface area contributed by atoms with Gasteiger partial charge in [-0.05, 0) is 25.0 Å². The maximum atomic E-state index is 11.8. The quantitative estimate of drug-likeness (QED) is 0.532. The van der Waals surface area contributed by atoms with Crippen LogP contribution in [0.1, 0.15) is 48.9 Å². The van der Waals surface area contributed by atoms with Gasteiger partial charge in [0, 0.05) is 31.7 Å². The summed E-state index contributed by atoms with van der Waals surface area (Å²) < 4.78 is 2.11. The van der Waals surface area contributed by atoms with Crippen molar-refractivity contribution in [3.05, 3.63) is 47.8 Å². The van der Waals surface area contributed by atoms with Gasteiger partial charge < -0.3 is 9.88 Å². The molecular weight excluding hydrogens is 312 g/mol. The van der Waals surface area contributed by atoms with Crippen LogP contribution in [0.15, 0.2) is 37.1 Å². The molecule has 2 aromatic rings. The third-order valence-corrected chi connectivity index (χ3v) is 3.90. The molecule has 0 unspecified atom stereocenters. The zero-order chi connectivity index (χ0) is 16.3. The number of carbonyl (C=O) groups excluding carboxylic acids is 1. The van der Waals surface area contributed by atoms with E-state index in [-0.39, 0.29) is 5.91 Å². The number of pyridine rings is 1. The molecule has 2 rings (SSSR count). The summed E-state index contributed by atoms with van der Waals surface area (Å²) in [6.45, 7) is 1.75. The minimum absolute atomic E-state index is 0.0884. The van der Waals surface area contributed by atoms with Crippen molar-refractivity contribution in [2.24, 2.45) is 0 Å². The summed E-state index contributed by atoms with van der Waals surface area (Å²) >= 11 is 5.70. The molecule has 23 heavy (non-hydrogen) atoms. The smallest absolute Gasteiger partial charge is 0.252 e. The molecule has 0 aliphatic carbocycles. The molecule has 2 heterocycles. The van der Waals surface area contributed by atoms with E-state index < -0.39 is 0 Å². The monoisotopic (exact) mass is 334 g/mol. The molecule has 5 nitrogen and oxygen atoms in total. The molecule has 0 spiro atoms. The average molecular weight is 335 g/mol. The highest BCUT2D eigenvalue weighted by Crippen LogP contribution is 2.07. The molecule has 124 valence electrons. The molecule has 0 aliphatic heterocycles. The summed E-state index contributed by atoms with van der Waals surface area (Å²) in [6.07, 6.45) is 14.2. The Morgan fingerprint density at radius 1 is 1.13 bits per heavy atom. The van der Waals surface area contributed by atoms with Crippen molar-refractivity contribution < 1.29 is 4.79 Å². The van der Waals surface area contributed by atoms with Crippen LogP contribution in [0, 0.1) is 0 Å². The van der Waals surface area contributed by atoms with Crippen LogP contribution in [-0.4, -0.2) is 27.0 Å². The number of nitrogens with one attached hydrogen (secondary N) is 1. The Morgan fingerprint density at radius 2 is 1.91 bits per heavy atom. The summed E-state index contributed by atoms with van der Waals surface area (Å²) in [4.78, 5) is 19.8. The number of carbonyl (C=O) groups is 1. The Hall–Kier alpha value is -1.88. The lowest BCUT2D eigenvalue weighted by atomic mass is 10.1. The predicted octanol–water partition coefficient (Wildman–Crippen LogP) is 3.70. The molecule has 0 bridgehead atoms. The lowest BCUT2D eigenvalue weighted by Crippen LogP contribution is -2.24. The number of aryl methyl sites for hydroxylation is 1. The highest BCUT2D eigenvalue weighted by Gasteiger charge is 2.04. The van der Waals surface area contributed by atoms with E-state index >= 15 is 0 Å². The fourth-order valence-corrected chi connectivity index (χ4v) is 2.47. The van der Waals surface area contributed by atoms with Crippen molar-refractivity contribution in [3.8, 4) is 0 Å². The normalized spacial score (nSPS) is 10.7. The molecule has 6 heteroatoms. The van der Waals surface area contributed by atoms with E-state index in [1.165, 1.54) is 31.9 Å². The first-order valence-corrected chi connectivity index (χ1v) is 8.49. The van der Waals surface area contributed by atoms with Crippen LogP contribution in [0.4, 0.5) is 0 Å². The van der Waals surface area contributed by atoms with Crippen LogP contribution in [-0.2, 0) is 6.54 Å². The number of imidazole rings is 1. The molecule has 1 amide bonds. The molecule has 0 saturated carbocycles. The molecule has 0 fully saturated rings. The third kappa shape index (κ3) is 6.82.